The quantitative estimate of drug-likeness (QED) is 0.650. The largest absolute Gasteiger partial charge is 0.384 e. The SMILES string of the molecule is CC1(C)CCCN(c2ccc(Br)cc2C(=N)N)C1. The zero-order valence-corrected chi connectivity index (χ0v) is 12.5. The summed E-state index contributed by atoms with van der Waals surface area (Å²) < 4.78 is 0.965. The molecular weight excluding hydrogens is 290 g/mol. The normalized spacial score (nSPS) is 18.7. The Labute approximate surface area is 117 Å². The van der Waals surface area contributed by atoms with Crippen LogP contribution in [0.3, 0.4) is 0 Å². The van der Waals surface area contributed by atoms with Crippen LogP contribution in [-0.2, 0) is 0 Å². The highest BCUT2D eigenvalue weighted by Gasteiger charge is 2.27. The van der Waals surface area contributed by atoms with Crippen LogP contribution in [0.2, 0.25) is 0 Å². The number of nitrogens with zero attached hydrogens (tertiary/aromatic N) is 1. The van der Waals surface area contributed by atoms with Crippen LogP contribution in [0.1, 0.15) is 32.3 Å². The summed E-state index contributed by atoms with van der Waals surface area (Å²) in [6.07, 6.45) is 2.45. The van der Waals surface area contributed by atoms with Gasteiger partial charge >= 0.3 is 0 Å². The first-order valence-corrected chi connectivity index (χ1v) is 7.07. The fourth-order valence-electron chi connectivity index (χ4n) is 2.63. The number of hydrogen-bond donors (Lipinski definition) is 2. The number of nitrogens with one attached hydrogen (secondary N) is 1. The zero-order valence-electron chi connectivity index (χ0n) is 11.0. The number of piperidine rings is 1. The summed E-state index contributed by atoms with van der Waals surface area (Å²) >= 11 is 3.44. The van der Waals surface area contributed by atoms with E-state index in [0.29, 0.717) is 5.41 Å². The number of amidine groups is 1. The first-order chi connectivity index (χ1) is 8.39. The van der Waals surface area contributed by atoms with Crippen molar-refractivity contribution in [3.05, 3.63) is 28.2 Å². The second-order valence-corrected chi connectivity index (χ2v) is 6.68. The highest BCUT2D eigenvalue weighted by Crippen LogP contribution is 2.33. The molecule has 1 aliphatic heterocycles. The molecule has 3 nitrogen and oxygen atoms in total. The smallest absolute Gasteiger partial charge is 0.124 e. The van der Waals surface area contributed by atoms with Crippen LogP contribution in [-0.4, -0.2) is 18.9 Å². The second kappa shape index (κ2) is 4.92. The van der Waals surface area contributed by atoms with Gasteiger partial charge in [0.05, 0.1) is 0 Å². The first-order valence-electron chi connectivity index (χ1n) is 6.28. The van der Waals surface area contributed by atoms with Crippen molar-refractivity contribution in [2.75, 3.05) is 18.0 Å². The molecule has 0 radical (unpaired) electrons. The highest BCUT2D eigenvalue weighted by atomic mass is 79.9. The molecule has 1 aliphatic rings. The van der Waals surface area contributed by atoms with Gasteiger partial charge in [-0.1, -0.05) is 29.8 Å². The van der Waals surface area contributed by atoms with E-state index in [-0.39, 0.29) is 5.84 Å². The van der Waals surface area contributed by atoms with E-state index in [9.17, 15) is 0 Å². The number of nitrogen functional groups attached to an aromatic ring is 1. The molecule has 18 heavy (non-hydrogen) atoms. The maximum Gasteiger partial charge on any atom is 0.124 e. The summed E-state index contributed by atoms with van der Waals surface area (Å²) in [6.45, 7) is 6.66. The van der Waals surface area contributed by atoms with Gasteiger partial charge in [-0.25, -0.2) is 0 Å². The van der Waals surface area contributed by atoms with Gasteiger partial charge in [0.15, 0.2) is 0 Å². The van der Waals surface area contributed by atoms with Crippen LogP contribution in [0, 0.1) is 10.8 Å². The van der Waals surface area contributed by atoms with Crippen molar-refractivity contribution in [2.45, 2.75) is 26.7 Å². The fourth-order valence-corrected chi connectivity index (χ4v) is 2.99. The van der Waals surface area contributed by atoms with Gasteiger partial charge in [-0.3, -0.25) is 5.41 Å². The van der Waals surface area contributed by atoms with E-state index in [1.54, 1.807) is 0 Å². The number of benzene rings is 1. The summed E-state index contributed by atoms with van der Waals surface area (Å²) in [5, 5.41) is 7.72. The number of nitrogens with two attached hydrogens (primary N) is 1. The first kappa shape index (κ1) is 13.4. The molecule has 0 saturated carbocycles. The van der Waals surface area contributed by atoms with Crippen molar-refractivity contribution < 1.29 is 0 Å². The lowest BCUT2D eigenvalue weighted by Crippen LogP contribution is -2.41. The third-order valence-corrected chi connectivity index (χ3v) is 3.98. The lowest BCUT2D eigenvalue weighted by molar-refractivity contribution is 0.293. The molecule has 1 aromatic carbocycles. The number of rotatable bonds is 2. The molecule has 1 fully saturated rings. The maximum atomic E-state index is 7.72. The van der Waals surface area contributed by atoms with Crippen LogP contribution < -0.4 is 10.6 Å². The van der Waals surface area contributed by atoms with Gasteiger partial charge in [0.2, 0.25) is 0 Å². The molecule has 0 atom stereocenters. The lowest BCUT2D eigenvalue weighted by Gasteiger charge is -2.40. The molecular formula is C14H20BrN3. The Morgan fingerprint density at radius 3 is 2.78 bits per heavy atom. The molecule has 2 rings (SSSR count). The van der Waals surface area contributed by atoms with Crippen LogP contribution >= 0.6 is 15.9 Å². The Bertz CT molecular complexity index is 468. The summed E-state index contributed by atoms with van der Waals surface area (Å²) in [4.78, 5) is 2.35. The number of halogens is 1. The van der Waals surface area contributed by atoms with Crippen LogP contribution in [0.5, 0.6) is 0 Å². The van der Waals surface area contributed by atoms with Gasteiger partial charge in [-0.15, -0.1) is 0 Å². The Hall–Kier alpha value is -1.03. The van der Waals surface area contributed by atoms with Crippen molar-refractivity contribution in [2.24, 2.45) is 11.1 Å². The van der Waals surface area contributed by atoms with Crippen molar-refractivity contribution in [1.29, 1.82) is 5.41 Å². The van der Waals surface area contributed by atoms with E-state index in [4.69, 9.17) is 11.1 Å². The van der Waals surface area contributed by atoms with Crippen LogP contribution in [0.25, 0.3) is 0 Å². The molecule has 1 heterocycles. The zero-order chi connectivity index (χ0) is 13.3. The molecule has 0 bridgehead atoms. The molecule has 0 amide bonds. The molecule has 0 aliphatic carbocycles. The molecule has 3 N–H and O–H groups in total. The summed E-state index contributed by atoms with van der Waals surface area (Å²) in [5.41, 5.74) is 7.93. The third-order valence-electron chi connectivity index (χ3n) is 3.49. The van der Waals surface area contributed by atoms with Gasteiger partial charge in [0, 0.05) is 28.8 Å². The molecule has 4 heteroatoms. The van der Waals surface area contributed by atoms with Crippen LogP contribution in [0.15, 0.2) is 22.7 Å². The van der Waals surface area contributed by atoms with Gasteiger partial charge in [0.1, 0.15) is 5.84 Å². The average molecular weight is 310 g/mol. The summed E-state index contributed by atoms with van der Waals surface area (Å²) in [5.74, 6) is 0.134. The molecule has 0 spiro atoms. The Morgan fingerprint density at radius 2 is 2.17 bits per heavy atom. The van der Waals surface area contributed by atoms with E-state index in [2.05, 4.69) is 40.7 Å². The molecule has 1 saturated heterocycles. The van der Waals surface area contributed by atoms with Crippen molar-refractivity contribution in [3.8, 4) is 0 Å². The summed E-state index contributed by atoms with van der Waals surface area (Å²) in [7, 11) is 0. The predicted octanol–water partition coefficient (Wildman–Crippen LogP) is 3.36. The van der Waals surface area contributed by atoms with Gasteiger partial charge in [-0.05, 0) is 36.5 Å². The fraction of sp³-hybridized carbons (Fsp3) is 0.500. The Morgan fingerprint density at radius 1 is 1.44 bits per heavy atom. The van der Waals surface area contributed by atoms with Crippen molar-refractivity contribution >= 4 is 27.5 Å². The summed E-state index contributed by atoms with van der Waals surface area (Å²) in [6, 6.07) is 6.00. The van der Waals surface area contributed by atoms with Crippen molar-refractivity contribution in [1.82, 2.24) is 0 Å². The second-order valence-electron chi connectivity index (χ2n) is 5.76. The highest BCUT2D eigenvalue weighted by molar-refractivity contribution is 9.10. The van der Waals surface area contributed by atoms with Crippen molar-refractivity contribution in [3.63, 3.8) is 0 Å². The Kier molecular flexibility index (Phi) is 3.66. The molecule has 98 valence electrons. The minimum atomic E-state index is 0.134. The minimum Gasteiger partial charge on any atom is -0.384 e. The van der Waals surface area contributed by atoms with E-state index in [0.717, 1.165) is 28.8 Å². The number of anilines is 1. The van der Waals surface area contributed by atoms with E-state index < -0.39 is 0 Å². The van der Waals surface area contributed by atoms with E-state index >= 15 is 0 Å². The predicted molar refractivity (Wildman–Crippen MR) is 80.4 cm³/mol. The van der Waals surface area contributed by atoms with Gasteiger partial charge < -0.3 is 10.6 Å². The molecule has 0 aromatic heterocycles. The Balaban J connectivity index is 2.35. The van der Waals surface area contributed by atoms with Gasteiger partial charge in [0.25, 0.3) is 0 Å². The minimum absolute atomic E-state index is 0.134. The topological polar surface area (TPSA) is 53.1 Å². The van der Waals surface area contributed by atoms with E-state index in [1.165, 1.54) is 12.8 Å². The molecule has 0 unspecified atom stereocenters. The van der Waals surface area contributed by atoms with Gasteiger partial charge in [-0.2, -0.15) is 0 Å². The maximum absolute atomic E-state index is 7.72. The van der Waals surface area contributed by atoms with Crippen LogP contribution in [0.4, 0.5) is 5.69 Å². The third kappa shape index (κ3) is 2.86. The average Bonchev–Trinajstić information content (AvgIpc) is 2.27. The monoisotopic (exact) mass is 309 g/mol. The van der Waals surface area contributed by atoms with E-state index in [1.807, 2.05) is 12.1 Å². The lowest BCUT2D eigenvalue weighted by atomic mass is 9.84. The standard InChI is InChI=1S/C14H20BrN3/c1-14(2)6-3-7-18(9-14)12-5-4-10(15)8-11(12)13(16)17/h4-5,8H,3,6-7,9H2,1-2H3,(H3,16,17). The number of hydrogen-bond acceptors (Lipinski definition) is 2. The molecule has 1 aromatic rings.